The Morgan fingerprint density at radius 3 is 2.79 bits per heavy atom. The van der Waals surface area contributed by atoms with Crippen molar-refractivity contribution in [3.63, 3.8) is 0 Å². The molecule has 1 N–H and O–H groups in total. The molecule has 0 aliphatic heterocycles. The van der Waals surface area contributed by atoms with E-state index in [0.29, 0.717) is 13.0 Å². The van der Waals surface area contributed by atoms with Gasteiger partial charge in [0.15, 0.2) is 0 Å². The van der Waals surface area contributed by atoms with Crippen LogP contribution in [-0.2, 0) is 11.3 Å². The number of benzene rings is 1. The zero-order chi connectivity index (χ0) is 14.1. The van der Waals surface area contributed by atoms with Gasteiger partial charge in [-0.2, -0.15) is 0 Å². The van der Waals surface area contributed by atoms with Crippen molar-refractivity contribution in [2.45, 2.75) is 39.7 Å². The normalized spacial score (nSPS) is 10.7. The van der Waals surface area contributed by atoms with Crippen molar-refractivity contribution in [3.8, 4) is 0 Å². The van der Waals surface area contributed by atoms with E-state index in [1.165, 1.54) is 18.4 Å². The van der Waals surface area contributed by atoms with Gasteiger partial charge in [-0.05, 0) is 32.5 Å². The molecule has 1 amide bonds. The summed E-state index contributed by atoms with van der Waals surface area (Å²) >= 11 is 0. The largest absolute Gasteiger partial charge is 0.352 e. The lowest BCUT2D eigenvalue weighted by Gasteiger charge is -2.15. The molecule has 19 heavy (non-hydrogen) atoms. The van der Waals surface area contributed by atoms with Crippen LogP contribution in [0, 0.1) is 6.92 Å². The molecule has 1 aromatic rings. The van der Waals surface area contributed by atoms with Crippen LogP contribution < -0.4 is 5.32 Å². The minimum atomic E-state index is 0.129. The Labute approximate surface area is 117 Å². The number of hydrogen-bond donors (Lipinski definition) is 1. The number of nitrogens with one attached hydrogen (secondary N) is 1. The summed E-state index contributed by atoms with van der Waals surface area (Å²) in [5.41, 5.74) is 2.39. The van der Waals surface area contributed by atoms with Crippen molar-refractivity contribution in [1.82, 2.24) is 10.2 Å². The lowest BCUT2D eigenvalue weighted by molar-refractivity contribution is -0.121. The molecule has 1 rings (SSSR count). The zero-order valence-corrected chi connectivity index (χ0v) is 12.4. The van der Waals surface area contributed by atoms with Crippen LogP contribution in [0.1, 0.15) is 37.3 Å². The maximum atomic E-state index is 11.7. The van der Waals surface area contributed by atoms with Crippen LogP contribution in [0.4, 0.5) is 0 Å². The molecule has 0 bridgehead atoms. The molecule has 0 atom stereocenters. The summed E-state index contributed by atoms with van der Waals surface area (Å²) in [4.78, 5) is 14.0. The Kier molecular flexibility index (Phi) is 7.19. The van der Waals surface area contributed by atoms with Crippen LogP contribution in [-0.4, -0.2) is 30.9 Å². The smallest absolute Gasteiger partial charge is 0.221 e. The number of unbranched alkanes of at least 4 members (excludes halogenated alkanes) is 1. The van der Waals surface area contributed by atoms with E-state index < -0.39 is 0 Å². The second-order valence-corrected chi connectivity index (χ2v) is 5.17. The second kappa shape index (κ2) is 8.70. The van der Waals surface area contributed by atoms with Gasteiger partial charge in [0.05, 0.1) is 0 Å². The van der Waals surface area contributed by atoms with E-state index in [4.69, 9.17) is 0 Å². The van der Waals surface area contributed by atoms with Gasteiger partial charge >= 0.3 is 0 Å². The Morgan fingerprint density at radius 2 is 2.11 bits per heavy atom. The van der Waals surface area contributed by atoms with Crippen LogP contribution in [0.25, 0.3) is 0 Å². The quantitative estimate of drug-likeness (QED) is 0.781. The highest BCUT2D eigenvalue weighted by molar-refractivity contribution is 5.76. The minimum absolute atomic E-state index is 0.129. The topological polar surface area (TPSA) is 32.3 Å². The number of carbonyl (C=O) groups excluding carboxylic acids is 1. The van der Waals surface area contributed by atoms with E-state index in [1.54, 1.807) is 0 Å². The van der Waals surface area contributed by atoms with Gasteiger partial charge < -0.3 is 10.2 Å². The monoisotopic (exact) mass is 262 g/mol. The first-order chi connectivity index (χ1) is 9.11. The highest BCUT2D eigenvalue weighted by atomic mass is 16.1. The first kappa shape index (κ1) is 15.7. The number of hydrogen-bond acceptors (Lipinski definition) is 2. The van der Waals surface area contributed by atoms with E-state index in [0.717, 1.165) is 18.7 Å². The van der Waals surface area contributed by atoms with Crippen molar-refractivity contribution in [1.29, 1.82) is 0 Å². The summed E-state index contributed by atoms with van der Waals surface area (Å²) in [5, 5.41) is 2.97. The number of carbonyl (C=O) groups is 1. The van der Waals surface area contributed by atoms with Crippen molar-refractivity contribution in [3.05, 3.63) is 35.4 Å². The van der Waals surface area contributed by atoms with Gasteiger partial charge in [-0.1, -0.05) is 43.2 Å². The third kappa shape index (κ3) is 6.97. The molecule has 0 heterocycles. The standard InChI is InChI=1S/C16H26N2O/c1-4-5-10-18(3)11-9-16(19)17-13-15-8-6-7-14(2)12-15/h6-8,12H,4-5,9-11,13H2,1-3H3,(H,17,19). The molecule has 3 nitrogen and oxygen atoms in total. The van der Waals surface area contributed by atoms with Crippen LogP contribution in [0.3, 0.4) is 0 Å². The number of rotatable bonds is 8. The Bertz CT molecular complexity index is 390. The second-order valence-electron chi connectivity index (χ2n) is 5.17. The molecular weight excluding hydrogens is 236 g/mol. The van der Waals surface area contributed by atoms with Crippen molar-refractivity contribution in [2.75, 3.05) is 20.1 Å². The molecule has 0 fully saturated rings. The first-order valence-corrected chi connectivity index (χ1v) is 7.12. The summed E-state index contributed by atoms with van der Waals surface area (Å²) < 4.78 is 0. The van der Waals surface area contributed by atoms with Gasteiger partial charge in [-0.15, -0.1) is 0 Å². The average Bonchev–Trinajstić information content (AvgIpc) is 2.40. The van der Waals surface area contributed by atoms with Gasteiger partial charge in [-0.3, -0.25) is 4.79 Å². The SMILES string of the molecule is CCCCN(C)CCC(=O)NCc1cccc(C)c1. The molecule has 0 aliphatic carbocycles. The van der Waals surface area contributed by atoms with Crippen LogP contribution >= 0.6 is 0 Å². The average molecular weight is 262 g/mol. The molecule has 0 saturated carbocycles. The maximum Gasteiger partial charge on any atom is 0.221 e. The number of amides is 1. The fraction of sp³-hybridized carbons (Fsp3) is 0.562. The maximum absolute atomic E-state index is 11.7. The molecule has 1 aromatic carbocycles. The van der Waals surface area contributed by atoms with Crippen LogP contribution in [0.2, 0.25) is 0 Å². The molecule has 0 aromatic heterocycles. The summed E-state index contributed by atoms with van der Waals surface area (Å²) in [5.74, 6) is 0.129. The Balaban J connectivity index is 2.21. The third-order valence-electron chi connectivity index (χ3n) is 3.19. The van der Waals surface area contributed by atoms with E-state index in [2.05, 4.69) is 43.2 Å². The molecule has 0 saturated heterocycles. The van der Waals surface area contributed by atoms with Crippen LogP contribution in [0.5, 0.6) is 0 Å². The van der Waals surface area contributed by atoms with Gasteiger partial charge in [0.2, 0.25) is 5.91 Å². The Hall–Kier alpha value is -1.35. The molecule has 0 aliphatic rings. The summed E-state index contributed by atoms with van der Waals surface area (Å²) in [7, 11) is 2.07. The van der Waals surface area contributed by atoms with Gasteiger partial charge in [0.25, 0.3) is 0 Å². The van der Waals surface area contributed by atoms with Crippen molar-refractivity contribution in [2.24, 2.45) is 0 Å². The lowest BCUT2D eigenvalue weighted by Crippen LogP contribution is -2.29. The van der Waals surface area contributed by atoms with Gasteiger partial charge in [0.1, 0.15) is 0 Å². The fourth-order valence-corrected chi connectivity index (χ4v) is 1.94. The summed E-state index contributed by atoms with van der Waals surface area (Å²) in [6.07, 6.45) is 2.97. The first-order valence-electron chi connectivity index (χ1n) is 7.12. The highest BCUT2D eigenvalue weighted by Gasteiger charge is 2.04. The molecule has 106 valence electrons. The van der Waals surface area contributed by atoms with Gasteiger partial charge in [-0.25, -0.2) is 0 Å². The predicted octanol–water partition coefficient (Wildman–Crippen LogP) is 2.73. The van der Waals surface area contributed by atoms with E-state index >= 15 is 0 Å². The number of aryl methyl sites for hydroxylation is 1. The molecular formula is C16H26N2O. The lowest BCUT2D eigenvalue weighted by atomic mass is 10.1. The molecule has 0 spiro atoms. The van der Waals surface area contributed by atoms with Gasteiger partial charge in [0, 0.05) is 19.5 Å². The molecule has 0 radical (unpaired) electrons. The summed E-state index contributed by atoms with van der Waals surface area (Å²) in [6.45, 7) is 6.77. The minimum Gasteiger partial charge on any atom is -0.352 e. The molecule has 3 heteroatoms. The highest BCUT2D eigenvalue weighted by Crippen LogP contribution is 2.03. The molecule has 0 unspecified atom stereocenters. The zero-order valence-electron chi connectivity index (χ0n) is 12.4. The van der Waals surface area contributed by atoms with Crippen LogP contribution in [0.15, 0.2) is 24.3 Å². The van der Waals surface area contributed by atoms with E-state index in [-0.39, 0.29) is 5.91 Å². The fourth-order valence-electron chi connectivity index (χ4n) is 1.94. The number of nitrogens with zero attached hydrogens (tertiary/aromatic N) is 1. The van der Waals surface area contributed by atoms with Crippen molar-refractivity contribution >= 4 is 5.91 Å². The predicted molar refractivity (Wildman–Crippen MR) is 80.0 cm³/mol. The third-order valence-corrected chi connectivity index (χ3v) is 3.19. The Morgan fingerprint density at radius 1 is 1.32 bits per heavy atom. The van der Waals surface area contributed by atoms with Crippen molar-refractivity contribution < 1.29 is 4.79 Å². The van der Waals surface area contributed by atoms with E-state index in [1.807, 2.05) is 12.1 Å². The van der Waals surface area contributed by atoms with E-state index in [9.17, 15) is 4.79 Å². The summed E-state index contributed by atoms with van der Waals surface area (Å²) in [6, 6.07) is 8.23.